The highest BCUT2D eigenvalue weighted by Gasteiger charge is 2.48. The van der Waals surface area contributed by atoms with Gasteiger partial charge in [-0.15, -0.1) is 0 Å². The Balaban J connectivity index is 2.71. The molecule has 0 spiro atoms. The molecule has 0 aromatic carbocycles. The SMILES string of the molecule is CC(C)OC(C1CCCN1C)C(F)(F)F. The third-order valence-corrected chi connectivity index (χ3v) is 2.67. The zero-order valence-corrected chi connectivity index (χ0v) is 9.34. The number of hydrogen-bond acceptors (Lipinski definition) is 2. The lowest BCUT2D eigenvalue weighted by Gasteiger charge is -2.31. The van der Waals surface area contributed by atoms with E-state index < -0.39 is 24.4 Å². The van der Waals surface area contributed by atoms with Crippen LogP contribution in [0.2, 0.25) is 0 Å². The van der Waals surface area contributed by atoms with Crippen LogP contribution < -0.4 is 0 Å². The molecular weight excluding hydrogens is 207 g/mol. The molecule has 2 atom stereocenters. The van der Waals surface area contributed by atoms with Crippen molar-refractivity contribution in [2.45, 2.75) is 51.1 Å². The van der Waals surface area contributed by atoms with Crippen LogP contribution in [0.4, 0.5) is 13.2 Å². The van der Waals surface area contributed by atoms with E-state index >= 15 is 0 Å². The van der Waals surface area contributed by atoms with Gasteiger partial charge in [-0.3, -0.25) is 0 Å². The van der Waals surface area contributed by atoms with Crippen LogP contribution in [0.5, 0.6) is 0 Å². The summed E-state index contributed by atoms with van der Waals surface area (Å²) < 4.78 is 43.3. The first-order chi connectivity index (χ1) is 6.82. The van der Waals surface area contributed by atoms with Gasteiger partial charge in [0.1, 0.15) is 0 Å². The highest BCUT2D eigenvalue weighted by Crippen LogP contribution is 2.32. The Labute approximate surface area is 88.4 Å². The number of ether oxygens (including phenoxy) is 1. The quantitative estimate of drug-likeness (QED) is 0.731. The van der Waals surface area contributed by atoms with Crippen LogP contribution in [0.3, 0.4) is 0 Å². The van der Waals surface area contributed by atoms with Gasteiger partial charge in [0.15, 0.2) is 6.10 Å². The summed E-state index contributed by atoms with van der Waals surface area (Å²) in [5.41, 5.74) is 0. The maximum atomic E-state index is 12.8. The second-order valence-electron chi connectivity index (χ2n) is 4.34. The molecule has 1 aliphatic heterocycles. The van der Waals surface area contributed by atoms with Crippen LogP contribution in [-0.2, 0) is 4.74 Å². The molecule has 1 saturated heterocycles. The Kier molecular flexibility index (Phi) is 4.00. The van der Waals surface area contributed by atoms with E-state index in [-0.39, 0.29) is 0 Å². The summed E-state index contributed by atoms with van der Waals surface area (Å²) in [6.07, 6.45) is -4.94. The van der Waals surface area contributed by atoms with Crippen molar-refractivity contribution in [1.29, 1.82) is 0 Å². The van der Waals surface area contributed by atoms with Gasteiger partial charge in [-0.1, -0.05) is 0 Å². The van der Waals surface area contributed by atoms with Crippen LogP contribution in [-0.4, -0.2) is 42.9 Å². The number of halogens is 3. The fourth-order valence-electron chi connectivity index (χ4n) is 2.00. The Morgan fingerprint density at radius 1 is 1.33 bits per heavy atom. The van der Waals surface area contributed by atoms with Crippen LogP contribution in [0.15, 0.2) is 0 Å². The summed E-state index contributed by atoms with van der Waals surface area (Å²) in [5.74, 6) is 0. The molecule has 0 N–H and O–H groups in total. The van der Waals surface area contributed by atoms with E-state index in [2.05, 4.69) is 0 Å². The summed E-state index contributed by atoms with van der Waals surface area (Å²) >= 11 is 0. The van der Waals surface area contributed by atoms with Crippen molar-refractivity contribution >= 4 is 0 Å². The second kappa shape index (κ2) is 4.70. The van der Waals surface area contributed by atoms with Gasteiger partial charge in [-0.25, -0.2) is 0 Å². The van der Waals surface area contributed by atoms with Gasteiger partial charge in [0.2, 0.25) is 0 Å². The predicted molar refractivity (Wildman–Crippen MR) is 51.7 cm³/mol. The molecule has 0 aromatic rings. The molecule has 0 saturated carbocycles. The van der Waals surface area contributed by atoms with Gasteiger partial charge in [0.25, 0.3) is 0 Å². The minimum Gasteiger partial charge on any atom is -0.364 e. The largest absolute Gasteiger partial charge is 0.416 e. The van der Waals surface area contributed by atoms with Crippen molar-refractivity contribution in [3.63, 3.8) is 0 Å². The second-order valence-corrected chi connectivity index (χ2v) is 4.34. The van der Waals surface area contributed by atoms with Crippen LogP contribution >= 0.6 is 0 Å². The van der Waals surface area contributed by atoms with E-state index in [0.29, 0.717) is 6.42 Å². The monoisotopic (exact) mass is 225 g/mol. The molecule has 1 fully saturated rings. The first kappa shape index (κ1) is 12.8. The summed E-state index contributed by atoms with van der Waals surface area (Å²) in [4.78, 5) is 1.74. The highest BCUT2D eigenvalue weighted by molar-refractivity contribution is 4.88. The fourth-order valence-corrected chi connectivity index (χ4v) is 2.00. The van der Waals surface area contributed by atoms with Crippen LogP contribution in [0.1, 0.15) is 26.7 Å². The summed E-state index contributed by atoms with van der Waals surface area (Å²) in [6, 6.07) is -0.521. The Bertz CT molecular complexity index is 205. The average molecular weight is 225 g/mol. The van der Waals surface area contributed by atoms with E-state index in [4.69, 9.17) is 4.74 Å². The number of rotatable bonds is 3. The molecule has 0 bridgehead atoms. The Morgan fingerprint density at radius 2 is 1.93 bits per heavy atom. The van der Waals surface area contributed by atoms with Gasteiger partial charge in [-0.05, 0) is 40.3 Å². The lowest BCUT2D eigenvalue weighted by Crippen LogP contribution is -2.48. The first-order valence-electron chi connectivity index (χ1n) is 5.24. The summed E-state index contributed by atoms with van der Waals surface area (Å²) in [7, 11) is 1.72. The van der Waals surface area contributed by atoms with Gasteiger partial charge in [-0.2, -0.15) is 13.2 Å². The predicted octanol–water partition coefficient (Wildman–Crippen LogP) is 2.44. The Hall–Kier alpha value is -0.290. The number of hydrogen-bond donors (Lipinski definition) is 0. The average Bonchev–Trinajstić information content (AvgIpc) is 2.45. The topological polar surface area (TPSA) is 12.5 Å². The smallest absolute Gasteiger partial charge is 0.364 e. The number of nitrogens with zero attached hydrogens (tertiary/aromatic N) is 1. The summed E-state index contributed by atoms with van der Waals surface area (Å²) in [5, 5.41) is 0. The van der Waals surface area contributed by atoms with Gasteiger partial charge in [0, 0.05) is 6.04 Å². The molecule has 2 unspecified atom stereocenters. The molecule has 1 heterocycles. The normalized spacial score (nSPS) is 26.2. The maximum absolute atomic E-state index is 12.8. The number of likely N-dealkylation sites (tertiary alicyclic amines) is 1. The van der Waals surface area contributed by atoms with Crippen molar-refractivity contribution in [3.8, 4) is 0 Å². The molecule has 2 nitrogen and oxygen atoms in total. The lowest BCUT2D eigenvalue weighted by molar-refractivity contribution is -0.243. The molecule has 0 aliphatic carbocycles. The molecule has 90 valence electrons. The first-order valence-corrected chi connectivity index (χ1v) is 5.24. The minimum absolute atomic E-state index is 0.398. The number of likely N-dealkylation sites (N-methyl/N-ethyl adjacent to an activating group) is 1. The van der Waals surface area contributed by atoms with E-state index in [1.807, 2.05) is 0 Å². The molecule has 15 heavy (non-hydrogen) atoms. The van der Waals surface area contributed by atoms with E-state index in [1.165, 1.54) is 0 Å². The highest BCUT2D eigenvalue weighted by atomic mass is 19.4. The maximum Gasteiger partial charge on any atom is 0.416 e. The lowest BCUT2D eigenvalue weighted by atomic mass is 10.1. The van der Waals surface area contributed by atoms with Crippen molar-refractivity contribution in [3.05, 3.63) is 0 Å². The molecule has 0 aromatic heterocycles. The molecule has 0 radical (unpaired) electrons. The molecule has 5 heteroatoms. The van der Waals surface area contributed by atoms with Crippen LogP contribution in [0.25, 0.3) is 0 Å². The third-order valence-electron chi connectivity index (χ3n) is 2.67. The van der Waals surface area contributed by atoms with Gasteiger partial charge >= 0.3 is 6.18 Å². The van der Waals surface area contributed by atoms with Gasteiger partial charge < -0.3 is 9.64 Å². The van der Waals surface area contributed by atoms with E-state index in [1.54, 1.807) is 25.8 Å². The molecular formula is C10H18F3NO. The van der Waals surface area contributed by atoms with E-state index in [9.17, 15) is 13.2 Å². The standard InChI is InChI=1S/C10H18F3NO/c1-7(2)15-9(10(11,12)13)8-5-4-6-14(8)3/h7-9H,4-6H2,1-3H3. The summed E-state index contributed by atoms with van der Waals surface area (Å²) in [6.45, 7) is 3.99. The fraction of sp³-hybridized carbons (Fsp3) is 1.00. The zero-order chi connectivity index (χ0) is 11.6. The molecule has 1 aliphatic rings. The molecule has 1 rings (SSSR count). The third kappa shape index (κ3) is 3.34. The Morgan fingerprint density at radius 3 is 2.27 bits per heavy atom. The van der Waals surface area contributed by atoms with E-state index in [0.717, 1.165) is 13.0 Å². The minimum atomic E-state index is -4.27. The molecule has 0 amide bonds. The van der Waals surface area contributed by atoms with Crippen molar-refractivity contribution in [2.75, 3.05) is 13.6 Å². The number of alkyl halides is 3. The zero-order valence-electron chi connectivity index (χ0n) is 9.34. The van der Waals surface area contributed by atoms with Crippen molar-refractivity contribution < 1.29 is 17.9 Å². The van der Waals surface area contributed by atoms with Crippen molar-refractivity contribution in [2.24, 2.45) is 0 Å². The van der Waals surface area contributed by atoms with Crippen LogP contribution in [0, 0.1) is 0 Å². The van der Waals surface area contributed by atoms with Gasteiger partial charge in [0.05, 0.1) is 6.10 Å². The van der Waals surface area contributed by atoms with Crippen molar-refractivity contribution in [1.82, 2.24) is 4.90 Å².